The lowest BCUT2D eigenvalue weighted by Gasteiger charge is -2.11. The zero-order chi connectivity index (χ0) is 21.4. The number of anilines is 1. The van der Waals surface area contributed by atoms with Gasteiger partial charge in [-0.3, -0.25) is 9.59 Å². The molecule has 0 aliphatic rings. The number of benzene rings is 2. The average molecular weight is 421 g/mol. The molecule has 154 valence electrons. The fourth-order valence-corrected chi connectivity index (χ4v) is 2.52. The van der Waals surface area contributed by atoms with E-state index in [-0.39, 0.29) is 12.1 Å². The van der Waals surface area contributed by atoms with Gasteiger partial charge in [-0.15, -0.1) is 0 Å². The van der Waals surface area contributed by atoms with Gasteiger partial charge in [-0.25, -0.2) is 4.79 Å². The fourth-order valence-electron chi connectivity index (χ4n) is 2.34. The highest BCUT2D eigenvalue weighted by molar-refractivity contribution is 6.31. The summed E-state index contributed by atoms with van der Waals surface area (Å²) in [4.78, 5) is 35.9. The van der Waals surface area contributed by atoms with Gasteiger partial charge >= 0.3 is 5.97 Å². The Labute approximate surface area is 173 Å². The number of esters is 1. The Morgan fingerprint density at radius 2 is 1.72 bits per heavy atom. The number of carbonyl (C=O) groups excluding carboxylic acids is 3. The summed E-state index contributed by atoms with van der Waals surface area (Å²) in [6, 6.07) is 9.60. The molecule has 0 radical (unpaired) electrons. The topological polar surface area (TPSA) is 103 Å². The largest absolute Gasteiger partial charge is 0.493 e. The van der Waals surface area contributed by atoms with Crippen LogP contribution in [0.4, 0.5) is 5.69 Å². The van der Waals surface area contributed by atoms with Gasteiger partial charge in [-0.1, -0.05) is 17.7 Å². The van der Waals surface area contributed by atoms with Gasteiger partial charge in [-0.05, 0) is 42.8 Å². The second-order valence-electron chi connectivity index (χ2n) is 5.88. The number of amides is 2. The molecule has 0 unspecified atom stereocenters. The van der Waals surface area contributed by atoms with Crippen LogP contribution in [0.2, 0.25) is 5.02 Å². The molecule has 0 heterocycles. The van der Waals surface area contributed by atoms with Crippen molar-refractivity contribution < 1.29 is 28.6 Å². The lowest BCUT2D eigenvalue weighted by Crippen LogP contribution is -2.35. The van der Waals surface area contributed by atoms with E-state index >= 15 is 0 Å². The van der Waals surface area contributed by atoms with Crippen molar-refractivity contribution in [2.75, 3.05) is 32.7 Å². The first-order valence-electron chi connectivity index (χ1n) is 8.56. The molecule has 0 spiro atoms. The molecular formula is C20H21ClN2O6. The van der Waals surface area contributed by atoms with Gasteiger partial charge < -0.3 is 24.8 Å². The molecule has 0 aromatic heterocycles. The second-order valence-corrected chi connectivity index (χ2v) is 6.29. The van der Waals surface area contributed by atoms with E-state index in [0.29, 0.717) is 22.2 Å². The third-order valence-electron chi connectivity index (χ3n) is 3.94. The second kappa shape index (κ2) is 10.3. The maximum atomic E-state index is 12.1. The Morgan fingerprint density at radius 3 is 2.41 bits per heavy atom. The van der Waals surface area contributed by atoms with E-state index in [1.54, 1.807) is 31.2 Å². The van der Waals surface area contributed by atoms with Gasteiger partial charge in [0.25, 0.3) is 5.91 Å². The summed E-state index contributed by atoms with van der Waals surface area (Å²) in [5.74, 6) is -0.936. The molecule has 2 aromatic rings. The first kappa shape index (κ1) is 22.0. The molecule has 8 nitrogen and oxygen atoms in total. The summed E-state index contributed by atoms with van der Waals surface area (Å²) in [5, 5.41) is 5.55. The first-order valence-corrected chi connectivity index (χ1v) is 8.94. The number of ether oxygens (including phenoxy) is 3. The van der Waals surface area contributed by atoms with Gasteiger partial charge in [0, 0.05) is 10.7 Å². The van der Waals surface area contributed by atoms with Crippen molar-refractivity contribution in [3.8, 4) is 11.5 Å². The minimum Gasteiger partial charge on any atom is -0.493 e. The maximum absolute atomic E-state index is 12.1. The van der Waals surface area contributed by atoms with Gasteiger partial charge in [0.15, 0.2) is 18.1 Å². The lowest BCUT2D eigenvalue weighted by atomic mass is 10.2. The van der Waals surface area contributed by atoms with Crippen LogP contribution in [-0.4, -0.2) is 45.2 Å². The average Bonchev–Trinajstić information content (AvgIpc) is 2.73. The maximum Gasteiger partial charge on any atom is 0.338 e. The Hall–Kier alpha value is -3.26. The van der Waals surface area contributed by atoms with E-state index in [1.807, 2.05) is 0 Å². The molecule has 0 aliphatic heterocycles. The molecule has 9 heteroatoms. The Morgan fingerprint density at radius 1 is 1.00 bits per heavy atom. The van der Waals surface area contributed by atoms with E-state index in [9.17, 15) is 14.4 Å². The summed E-state index contributed by atoms with van der Waals surface area (Å²) < 4.78 is 15.2. The highest BCUT2D eigenvalue weighted by Crippen LogP contribution is 2.27. The number of methoxy groups -OCH3 is 2. The van der Waals surface area contributed by atoms with Crippen molar-refractivity contribution in [1.82, 2.24) is 5.32 Å². The molecular weight excluding hydrogens is 400 g/mol. The highest BCUT2D eigenvalue weighted by Gasteiger charge is 2.14. The van der Waals surface area contributed by atoms with Crippen molar-refractivity contribution in [3.05, 3.63) is 52.5 Å². The highest BCUT2D eigenvalue weighted by atomic mass is 35.5. The number of carbonyl (C=O) groups is 3. The van der Waals surface area contributed by atoms with E-state index in [4.69, 9.17) is 25.8 Å². The molecule has 29 heavy (non-hydrogen) atoms. The fraction of sp³-hybridized carbons (Fsp3) is 0.250. The van der Waals surface area contributed by atoms with Gasteiger partial charge in [0.05, 0.1) is 26.3 Å². The monoisotopic (exact) mass is 420 g/mol. The molecule has 0 atom stereocenters. The molecule has 2 rings (SSSR count). The predicted molar refractivity (Wildman–Crippen MR) is 108 cm³/mol. The summed E-state index contributed by atoms with van der Waals surface area (Å²) in [5.41, 5.74) is 1.47. The Balaban J connectivity index is 1.81. The van der Waals surface area contributed by atoms with Crippen LogP contribution >= 0.6 is 11.6 Å². The van der Waals surface area contributed by atoms with Crippen LogP contribution in [0.15, 0.2) is 36.4 Å². The van der Waals surface area contributed by atoms with Crippen molar-refractivity contribution in [3.63, 3.8) is 0 Å². The van der Waals surface area contributed by atoms with E-state index in [0.717, 1.165) is 5.56 Å². The standard InChI is InChI=1S/C20H21ClN2O6/c1-12-14(21)5-4-6-15(12)23-18(24)10-22-19(25)11-29-20(26)13-7-8-16(27-2)17(9-13)28-3/h4-9H,10-11H2,1-3H3,(H,22,25)(H,23,24). The van der Waals surface area contributed by atoms with Crippen molar-refractivity contribution in [2.45, 2.75) is 6.92 Å². The minimum atomic E-state index is -0.708. The van der Waals surface area contributed by atoms with Crippen LogP contribution in [0.5, 0.6) is 11.5 Å². The van der Waals surface area contributed by atoms with Crippen LogP contribution in [0.3, 0.4) is 0 Å². The number of rotatable bonds is 8. The van der Waals surface area contributed by atoms with Crippen LogP contribution in [0, 0.1) is 6.92 Å². The summed E-state index contributed by atoms with van der Waals surface area (Å²) in [6.07, 6.45) is 0. The number of hydrogen-bond donors (Lipinski definition) is 2. The number of hydrogen-bond acceptors (Lipinski definition) is 6. The van der Waals surface area contributed by atoms with Gasteiger partial charge in [-0.2, -0.15) is 0 Å². The van der Waals surface area contributed by atoms with Crippen LogP contribution in [-0.2, 0) is 14.3 Å². The molecule has 0 fully saturated rings. The van der Waals surface area contributed by atoms with Crippen LogP contribution in [0.25, 0.3) is 0 Å². The van der Waals surface area contributed by atoms with E-state index < -0.39 is 24.4 Å². The van der Waals surface area contributed by atoms with Crippen molar-refractivity contribution in [2.24, 2.45) is 0 Å². The van der Waals surface area contributed by atoms with Crippen LogP contribution < -0.4 is 20.1 Å². The molecule has 2 amide bonds. The Bertz CT molecular complexity index is 916. The van der Waals surface area contributed by atoms with E-state index in [2.05, 4.69) is 10.6 Å². The smallest absolute Gasteiger partial charge is 0.338 e. The first-order chi connectivity index (χ1) is 13.8. The number of nitrogens with one attached hydrogen (secondary N) is 2. The summed E-state index contributed by atoms with van der Waals surface area (Å²) in [6.45, 7) is 0.958. The van der Waals surface area contributed by atoms with Gasteiger partial charge in [0.2, 0.25) is 5.91 Å². The molecule has 0 saturated carbocycles. The zero-order valence-corrected chi connectivity index (χ0v) is 17.0. The zero-order valence-electron chi connectivity index (χ0n) is 16.2. The third kappa shape index (κ3) is 6.11. The van der Waals surface area contributed by atoms with Crippen molar-refractivity contribution in [1.29, 1.82) is 0 Å². The van der Waals surface area contributed by atoms with Crippen molar-refractivity contribution >= 4 is 35.1 Å². The third-order valence-corrected chi connectivity index (χ3v) is 4.35. The Kier molecular flexibility index (Phi) is 7.85. The molecule has 2 N–H and O–H groups in total. The quantitative estimate of drug-likeness (QED) is 0.636. The summed E-state index contributed by atoms with van der Waals surface area (Å²) >= 11 is 6.00. The lowest BCUT2D eigenvalue weighted by molar-refractivity contribution is -0.126. The normalized spacial score (nSPS) is 10.1. The van der Waals surface area contributed by atoms with Crippen LogP contribution in [0.1, 0.15) is 15.9 Å². The number of halogens is 1. The molecule has 0 bridgehead atoms. The van der Waals surface area contributed by atoms with E-state index in [1.165, 1.54) is 26.4 Å². The SMILES string of the molecule is COc1ccc(C(=O)OCC(=O)NCC(=O)Nc2cccc(Cl)c2C)cc1OC. The summed E-state index contributed by atoms with van der Waals surface area (Å²) in [7, 11) is 2.92. The predicted octanol–water partition coefficient (Wildman–Crippen LogP) is 2.58. The molecule has 2 aromatic carbocycles. The minimum absolute atomic E-state index is 0.199. The molecule has 0 aliphatic carbocycles. The molecule has 0 saturated heterocycles. The van der Waals surface area contributed by atoms with Gasteiger partial charge in [0.1, 0.15) is 0 Å².